The second-order valence-electron chi connectivity index (χ2n) is 2.98. The fraction of sp³-hybridized carbons (Fsp3) is 0.300. The van der Waals surface area contributed by atoms with Gasteiger partial charge in [-0.25, -0.2) is 4.39 Å². The van der Waals surface area contributed by atoms with E-state index in [4.69, 9.17) is 4.74 Å². The van der Waals surface area contributed by atoms with Gasteiger partial charge in [-0.1, -0.05) is 15.9 Å². The summed E-state index contributed by atoms with van der Waals surface area (Å²) in [5.74, 6) is -0.318. The minimum absolute atomic E-state index is 0.234. The lowest BCUT2D eigenvalue weighted by atomic mass is 10.3. The van der Waals surface area contributed by atoms with Crippen molar-refractivity contribution < 1.29 is 13.9 Å². The van der Waals surface area contributed by atoms with Crippen LogP contribution in [0, 0.1) is 5.82 Å². The molecule has 1 amide bonds. The molecule has 1 aromatic carbocycles. The zero-order valence-electron chi connectivity index (χ0n) is 8.38. The Bertz CT molecular complexity index is 368. The van der Waals surface area contributed by atoms with Crippen molar-refractivity contribution in [2.45, 2.75) is 11.8 Å². The number of hydrogen-bond donors (Lipinski definition) is 1. The number of amides is 1. The zero-order valence-corrected chi connectivity index (χ0v) is 9.97. The van der Waals surface area contributed by atoms with Crippen LogP contribution in [0.25, 0.3) is 0 Å². The summed E-state index contributed by atoms with van der Waals surface area (Å²) in [6, 6.07) is 4.03. The Hall–Kier alpha value is -1.10. The minimum Gasteiger partial charge on any atom is -0.497 e. The van der Waals surface area contributed by atoms with Crippen molar-refractivity contribution in [1.82, 2.24) is 0 Å². The van der Waals surface area contributed by atoms with Crippen LogP contribution in [0.1, 0.15) is 6.92 Å². The van der Waals surface area contributed by atoms with Crippen molar-refractivity contribution in [2.75, 3.05) is 12.4 Å². The molecule has 0 spiro atoms. The largest absolute Gasteiger partial charge is 0.497 e. The molecule has 0 saturated heterocycles. The average Bonchev–Trinajstić information content (AvgIpc) is 2.16. The quantitative estimate of drug-likeness (QED) is 0.862. The highest BCUT2D eigenvalue weighted by molar-refractivity contribution is 9.10. The second-order valence-corrected chi connectivity index (χ2v) is 4.36. The van der Waals surface area contributed by atoms with Crippen LogP contribution < -0.4 is 10.1 Å². The molecular weight excluding hydrogens is 265 g/mol. The SMILES string of the molecule is COc1cc(F)cc(NC(=O)C(C)Br)c1. The third-order valence-electron chi connectivity index (χ3n) is 1.74. The van der Waals surface area contributed by atoms with E-state index in [0.29, 0.717) is 11.4 Å². The molecule has 0 aliphatic carbocycles. The fourth-order valence-electron chi connectivity index (χ4n) is 0.994. The van der Waals surface area contributed by atoms with E-state index in [-0.39, 0.29) is 10.7 Å². The Kier molecular flexibility index (Phi) is 4.08. The van der Waals surface area contributed by atoms with Gasteiger partial charge in [0, 0.05) is 17.8 Å². The lowest BCUT2D eigenvalue weighted by Gasteiger charge is -2.08. The predicted molar refractivity (Wildman–Crippen MR) is 60.0 cm³/mol. The number of nitrogens with one attached hydrogen (secondary N) is 1. The Morgan fingerprint density at radius 3 is 2.73 bits per heavy atom. The number of anilines is 1. The number of ether oxygens (including phenoxy) is 1. The minimum atomic E-state index is -0.452. The molecule has 15 heavy (non-hydrogen) atoms. The van der Waals surface area contributed by atoms with Gasteiger partial charge in [0.05, 0.1) is 11.9 Å². The van der Waals surface area contributed by atoms with Crippen molar-refractivity contribution in [3.05, 3.63) is 24.0 Å². The first kappa shape index (κ1) is 12.0. The van der Waals surface area contributed by atoms with Gasteiger partial charge in [-0.15, -0.1) is 0 Å². The van der Waals surface area contributed by atoms with Crippen LogP contribution in [-0.2, 0) is 4.79 Å². The van der Waals surface area contributed by atoms with Gasteiger partial charge < -0.3 is 10.1 Å². The van der Waals surface area contributed by atoms with E-state index in [1.165, 1.54) is 19.2 Å². The summed E-state index contributed by atoms with van der Waals surface area (Å²) in [6.45, 7) is 1.69. The van der Waals surface area contributed by atoms with Crippen LogP contribution in [0.2, 0.25) is 0 Å². The maximum Gasteiger partial charge on any atom is 0.237 e. The van der Waals surface area contributed by atoms with E-state index in [2.05, 4.69) is 21.2 Å². The van der Waals surface area contributed by atoms with Gasteiger partial charge in [0.2, 0.25) is 5.91 Å². The molecule has 0 fully saturated rings. The summed E-state index contributed by atoms with van der Waals surface area (Å²) in [6.07, 6.45) is 0. The average molecular weight is 276 g/mol. The van der Waals surface area contributed by atoms with Gasteiger partial charge in [0.25, 0.3) is 0 Å². The molecule has 3 nitrogen and oxygen atoms in total. The molecule has 1 aromatic rings. The number of benzene rings is 1. The molecule has 1 atom stereocenters. The number of rotatable bonds is 3. The topological polar surface area (TPSA) is 38.3 Å². The lowest BCUT2D eigenvalue weighted by Crippen LogP contribution is -2.19. The summed E-state index contributed by atoms with van der Waals surface area (Å²) in [5, 5.41) is 2.55. The Labute approximate surface area is 95.7 Å². The van der Waals surface area contributed by atoms with Crippen molar-refractivity contribution in [2.24, 2.45) is 0 Å². The molecule has 0 saturated carbocycles. The number of carbonyl (C=O) groups is 1. The van der Waals surface area contributed by atoms with E-state index < -0.39 is 5.82 Å². The number of methoxy groups -OCH3 is 1. The van der Waals surface area contributed by atoms with Crippen LogP contribution in [0.5, 0.6) is 5.75 Å². The highest BCUT2D eigenvalue weighted by Gasteiger charge is 2.10. The number of hydrogen-bond acceptors (Lipinski definition) is 2. The monoisotopic (exact) mass is 275 g/mol. The first-order valence-electron chi connectivity index (χ1n) is 4.32. The summed E-state index contributed by atoms with van der Waals surface area (Å²) in [5.41, 5.74) is 0.378. The third-order valence-corrected chi connectivity index (χ3v) is 2.15. The Morgan fingerprint density at radius 1 is 1.53 bits per heavy atom. The summed E-state index contributed by atoms with van der Waals surface area (Å²) >= 11 is 3.11. The van der Waals surface area contributed by atoms with Gasteiger partial charge in [-0.05, 0) is 13.0 Å². The van der Waals surface area contributed by atoms with Crippen LogP contribution in [0.3, 0.4) is 0 Å². The second kappa shape index (κ2) is 5.11. The molecule has 1 rings (SSSR count). The molecule has 1 unspecified atom stereocenters. The predicted octanol–water partition coefficient (Wildman–Crippen LogP) is 2.56. The zero-order chi connectivity index (χ0) is 11.4. The van der Waals surface area contributed by atoms with Gasteiger partial charge >= 0.3 is 0 Å². The molecule has 0 aromatic heterocycles. The molecule has 0 aliphatic heterocycles. The first-order chi connectivity index (χ1) is 7.02. The smallest absolute Gasteiger partial charge is 0.237 e. The van der Waals surface area contributed by atoms with Crippen LogP contribution in [-0.4, -0.2) is 17.8 Å². The molecule has 0 radical (unpaired) electrons. The molecule has 82 valence electrons. The van der Waals surface area contributed by atoms with Crippen molar-refractivity contribution in [3.8, 4) is 5.75 Å². The van der Waals surface area contributed by atoms with E-state index in [1.54, 1.807) is 13.0 Å². The molecule has 0 aliphatic rings. The first-order valence-corrected chi connectivity index (χ1v) is 5.24. The van der Waals surface area contributed by atoms with Gasteiger partial charge in [0.15, 0.2) is 0 Å². The van der Waals surface area contributed by atoms with Crippen LogP contribution in [0.4, 0.5) is 10.1 Å². The molecule has 5 heteroatoms. The maximum atomic E-state index is 13.0. The third kappa shape index (κ3) is 3.51. The molecule has 0 heterocycles. The summed E-state index contributed by atoms with van der Waals surface area (Å²) in [7, 11) is 1.44. The number of halogens is 2. The number of alkyl halides is 1. The summed E-state index contributed by atoms with van der Waals surface area (Å²) in [4.78, 5) is 11.0. The molecular formula is C10H11BrFNO2. The van der Waals surface area contributed by atoms with E-state index in [1.807, 2.05) is 0 Å². The highest BCUT2D eigenvalue weighted by Crippen LogP contribution is 2.20. The van der Waals surface area contributed by atoms with E-state index in [0.717, 1.165) is 0 Å². The van der Waals surface area contributed by atoms with Gasteiger partial charge in [-0.2, -0.15) is 0 Å². The summed E-state index contributed by atoms with van der Waals surface area (Å²) < 4.78 is 17.9. The van der Waals surface area contributed by atoms with E-state index >= 15 is 0 Å². The Balaban J connectivity index is 2.85. The van der Waals surface area contributed by atoms with Gasteiger partial charge in [-0.3, -0.25) is 4.79 Å². The standard InChI is InChI=1S/C10H11BrFNO2/c1-6(11)10(14)13-8-3-7(12)4-9(5-8)15-2/h3-6H,1-2H3,(H,13,14). The lowest BCUT2D eigenvalue weighted by molar-refractivity contribution is -0.115. The molecule has 1 N–H and O–H groups in total. The van der Waals surface area contributed by atoms with E-state index in [9.17, 15) is 9.18 Å². The Morgan fingerprint density at radius 2 is 2.20 bits per heavy atom. The number of carbonyl (C=O) groups excluding carboxylic acids is 1. The van der Waals surface area contributed by atoms with Gasteiger partial charge in [0.1, 0.15) is 11.6 Å². The van der Waals surface area contributed by atoms with Crippen LogP contribution in [0.15, 0.2) is 18.2 Å². The van der Waals surface area contributed by atoms with Crippen molar-refractivity contribution in [3.63, 3.8) is 0 Å². The normalized spacial score (nSPS) is 12.0. The fourth-order valence-corrected chi connectivity index (χ4v) is 1.11. The maximum absolute atomic E-state index is 13.0. The van der Waals surface area contributed by atoms with Crippen molar-refractivity contribution in [1.29, 1.82) is 0 Å². The van der Waals surface area contributed by atoms with Crippen LogP contribution >= 0.6 is 15.9 Å². The molecule has 0 bridgehead atoms. The highest BCUT2D eigenvalue weighted by atomic mass is 79.9. The van der Waals surface area contributed by atoms with Crippen molar-refractivity contribution >= 4 is 27.5 Å².